The molecule has 7 nitrogen and oxygen atoms in total. The Bertz CT molecular complexity index is 697. The Morgan fingerprint density at radius 3 is 2.95 bits per heavy atom. The van der Waals surface area contributed by atoms with E-state index in [-0.39, 0.29) is 11.9 Å². The molecule has 3 heterocycles. The lowest BCUT2D eigenvalue weighted by atomic mass is 10.1. The van der Waals surface area contributed by atoms with E-state index >= 15 is 0 Å². The van der Waals surface area contributed by atoms with Crippen LogP contribution in [0.5, 0.6) is 0 Å². The summed E-state index contributed by atoms with van der Waals surface area (Å²) in [6, 6.07) is 3.55. The summed E-state index contributed by atoms with van der Waals surface area (Å²) in [5.74, 6) is 1.52. The summed E-state index contributed by atoms with van der Waals surface area (Å²) in [7, 11) is 1.63. The molecule has 0 radical (unpaired) electrons. The molecule has 116 valence electrons. The number of aromatic nitrogens is 4. The van der Waals surface area contributed by atoms with E-state index in [1.165, 1.54) is 0 Å². The number of amides is 1. The molecular formula is C15H19N5O2. The normalized spacial score (nSPS) is 17.4. The topological polar surface area (TPSA) is 73.1 Å². The summed E-state index contributed by atoms with van der Waals surface area (Å²) >= 11 is 0. The van der Waals surface area contributed by atoms with Crippen molar-refractivity contribution in [2.24, 2.45) is 0 Å². The Morgan fingerprint density at radius 1 is 1.41 bits per heavy atom. The van der Waals surface area contributed by atoms with Crippen molar-refractivity contribution in [3.63, 3.8) is 0 Å². The lowest BCUT2D eigenvalue weighted by molar-refractivity contribution is 0.0626. The molecule has 1 atom stereocenters. The Labute approximate surface area is 128 Å². The Morgan fingerprint density at radius 2 is 2.23 bits per heavy atom. The van der Waals surface area contributed by atoms with Crippen LogP contribution in [-0.2, 0) is 17.9 Å². The minimum atomic E-state index is -0.137. The quantitative estimate of drug-likeness (QED) is 0.855. The number of ether oxygens (including phenoxy) is 1. The number of pyridine rings is 1. The first-order valence-electron chi connectivity index (χ1n) is 7.26. The molecule has 2 aromatic heterocycles. The smallest absolute Gasteiger partial charge is 0.273 e. The van der Waals surface area contributed by atoms with Gasteiger partial charge in [-0.2, -0.15) is 0 Å². The van der Waals surface area contributed by atoms with Crippen LogP contribution in [0.25, 0.3) is 0 Å². The van der Waals surface area contributed by atoms with Gasteiger partial charge in [-0.1, -0.05) is 0 Å². The minimum Gasteiger partial charge on any atom is -0.377 e. The fourth-order valence-corrected chi connectivity index (χ4v) is 2.76. The molecule has 1 amide bonds. The van der Waals surface area contributed by atoms with Gasteiger partial charge in [0.25, 0.3) is 5.91 Å². The fourth-order valence-electron chi connectivity index (χ4n) is 2.76. The van der Waals surface area contributed by atoms with Gasteiger partial charge in [-0.25, -0.2) is 0 Å². The van der Waals surface area contributed by atoms with E-state index in [1.54, 1.807) is 18.2 Å². The average molecular weight is 301 g/mol. The average Bonchev–Trinajstić information content (AvgIpc) is 2.92. The van der Waals surface area contributed by atoms with Gasteiger partial charge in [0.1, 0.15) is 12.3 Å². The highest BCUT2D eigenvalue weighted by Gasteiger charge is 2.32. The third-order valence-corrected chi connectivity index (χ3v) is 3.93. The molecule has 0 unspecified atom stereocenters. The van der Waals surface area contributed by atoms with Gasteiger partial charge >= 0.3 is 0 Å². The van der Waals surface area contributed by atoms with Crippen LogP contribution in [0.1, 0.15) is 40.7 Å². The van der Waals surface area contributed by atoms with Crippen molar-refractivity contribution in [3.05, 3.63) is 41.2 Å². The number of carbonyl (C=O) groups excluding carboxylic acids is 1. The van der Waals surface area contributed by atoms with Gasteiger partial charge in [-0.05, 0) is 31.5 Å². The zero-order valence-electron chi connectivity index (χ0n) is 13.0. The van der Waals surface area contributed by atoms with E-state index in [2.05, 4.69) is 15.2 Å². The first-order chi connectivity index (χ1) is 10.6. The predicted octanol–water partition coefficient (Wildman–Crippen LogP) is 1.34. The molecule has 0 saturated heterocycles. The second kappa shape index (κ2) is 5.84. The van der Waals surface area contributed by atoms with Crippen LogP contribution in [0.2, 0.25) is 0 Å². The number of carbonyl (C=O) groups is 1. The van der Waals surface area contributed by atoms with Gasteiger partial charge < -0.3 is 14.2 Å². The van der Waals surface area contributed by atoms with Gasteiger partial charge in [0.05, 0.1) is 6.04 Å². The molecule has 3 rings (SSSR count). The second-order valence-corrected chi connectivity index (χ2v) is 5.45. The number of hydrogen-bond donors (Lipinski definition) is 0. The maximum atomic E-state index is 12.7. The number of hydrogen-bond acceptors (Lipinski definition) is 5. The highest BCUT2D eigenvalue weighted by molar-refractivity contribution is 5.92. The van der Waals surface area contributed by atoms with Crippen LogP contribution in [0.3, 0.4) is 0 Å². The largest absolute Gasteiger partial charge is 0.377 e. The summed E-state index contributed by atoms with van der Waals surface area (Å²) in [4.78, 5) is 18.7. The summed E-state index contributed by atoms with van der Waals surface area (Å²) in [5.41, 5.74) is 1.49. The Balaban J connectivity index is 1.86. The van der Waals surface area contributed by atoms with E-state index in [4.69, 9.17) is 4.74 Å². The maximum Gasteiger partial charge on any atom is 0.273 e. The van der Waals surface area contributed by atoms with Crippen LogP contribution in [0.4, 0.5) is 0 Å². The van der Waals surface area contributed by atoms with Crippen LogP contribution in [-0.4, -0.2) is 44.2 Å². The van der Waals surface area contributed by atoms with Gasteiger partial charge in [0, 0.05) is 26.4 Å². The third-order valence-electron chi connectivity index (χ3n) is 3.93. The lowest BCUT2D eigenvalue weighted by Gasteiger charge is -2.33. The fraction of sp³-hybridized carbons (Fsp3) is 0.467. The monoisotopic (exact) mass is 301 g/mol. The zero-order valence-corrected chi connectivity index (χ0v) is 13.0. The molecule has 0 fully saturated rings. The first-order valence-corrected chi connectivity index (χ1v) is 7.26. The number of methoxy groups -OCH3 is 1. The van der Waals surface area contributed by atoms with Gasteiger partial charge in [-0.3, -0.25) is 9.78 Å². The highest BCUT2D eigenvalue weighted by atomic mass is 16.5. The number of fused-ring (bicyclic) bond motifs is 1. The lowest BCUT2D eigenvalue weighted by Crippen LogP contribution is -2.41. The van der Waals surface area contributed by atoms with Crippen molar-refractivity contribution >= 4 is 5.91 Å². The van der Waals surface area contributed by atoms with Crippen molar-refractivity contribution in [1.82, 2.24) is 24.6 Å². The molecule has 0 saturated carbocycles. The Kier molecular flexibility index (Phi) is 3.89. The third kappa shape index (κ3) is 2.48. The Hall–Kier alpha value is -2.28. The molecule has 0 bridgehead atoms. The van der Waals surface area contributed by atoms with E-state index in [9.17, 15) is 4.79 Å². The van der Waals surface area contributed by atoms with E-state index in [0.29, 0.717) is 25.4 Å². The van der Waals surface area contributed by atoms with Gasteiger partial charge in [0.15, 0.2) is 11.6 Å². The summed E-state index contributed by atoms with van der Waals surface area (Å²) in [6.07, 6.45) is 1.66. The SMILES string of the molecule is COCc1nnc2n1CCN(C(=O)c1cc(C)ccn1)[C@H]2C. The summed E-state index contributed by atoms with van der Waals surface area (Å²) < 4.78 is 7.16. The minimum absolute atomic E-state index is 0.0706. The van der Waals surface area contributed by atoms with Crippen LogP contribution < -0.4 is 0 Å². The molecule has 0 aliphatic carbocycles. The van der Waals surface area contributed by atoms with Crippen LogP contribution in [0.15, 0.2) is 18.3 Å². The first kappa shape index (κ1) is 14.6. The maximum absolute atomic E-state index is 12.7. The van der Waals surface area contributed by atoms with Crippen LogP contribution in [0, 0.1) is 6.92 Å². The summed E-state index contributed by atoms with van der Waals surface area (Å²) in [5, 5.41) is 8.37. The van der Waals surface area contributed by atoms with Gasteiger partial charge in [0.2, 0.25) is 0 Å². The summed E-state index contributed by atoms with van der Waals surface area (Å²) in [6.45, 7) is 5.61. The number of nitrogens with zero attached hydrogens (tertiary/aromatic N) is 5. The molecule has 7 heteroatoms. The molecule has 22 heavy (non-hydrogen) atoms. The molecule has 1 aliphatic rings. The second-order valence-electron chi connectivity index (χ2n) is 5.45. The van der Waals surface area contributed by atoms with Crippen molar-refractivity contribution in [3.8, 4) is 0 Å². The molecule has 0 aromatic carbocycles. The molecule has 0 spiro atoms. The molecule has 2 aromatic rings. The number of aryl methyl sites for hydroxylation is 1. The van der Waals surface area contributed by atoms with E-state index in [0.717, 1.165) is 17.2 Å². The highest BCUT2D eigenvalue weighted by Crippen LogP contribution is 2.25. The van der Waals surface area contributed by atoms with Gasteiger partial charge in [-0.15, -0.1) is 10.2 Å². The van der Waals surface area contributed by atoms with Crippen LogP contribution >= 0.6 is 0 Å². The predicted molar refractivity (Wildman–Crippen MR) is 79.2 cm³/mol. The van der Waals surface area contributed by atoms with Crippen molar-refractivity contribution < 1.29 is 9.53 Å². The van der Waals surface area contributed by atoms with Crippen molar-refractivity contribution in [1.29, 1.82) is 0 Å². The molecule has 0 N–H and O–H groups in total. The zero-order chi connectivity index (χ0) is 15.7. The van der Waals surface area contributed by atoms with Crippen molar-refractivity contribution in [2.75, 3.05) is 13.7 Å². The molecule has 1 aliphatic heterocycles. The molecular weight excluding hydrogens is 282 g/mol. The van der Waals surface area contributed by atoms with E-state index < -0.39 is 0 Å². The standard InChI is InChI=1S/C15H19N5O2/c1-10-4-5-16-12(8-10)15(21)19-6-7-20-13(9-22-3)17-18-14(20)11(19)2/h4-5,8,11H,6-7,9H2,1-3H3/t11-/m0/s1. The van der Waals surface area contributed by atoms with Crippen molar-refractivity contribution in [2.45, 2.75) is 33.0 Å². The number of rotatable bonds is 3. The van der Waals surface area contributed by atoms with E-state index in [1.807, 2.05) is 30.5 Å².